The molecular formula is C16H23F3IN3O. The number of hydrogen-bond acceptors (Lipinski definition) is 2. The maximum Gasteiger partial charge on any atom is 0.257 e. The number of ether oxygens (including phenoxy) is 1. The molecule has 0 aromatic heterocycles. The lowest BCUT2D eigenvalue weighted by Gasteiger charge is -2.38. The Bertz CT molecular complexity index is 528. The number of alkyl halides is 2. The van der Waals surface area contributed by atoms with Crippen LogP contribution in [0, 0.1) is 5.82 Å². The molecule has 136 valence electrons. The van der Waals surface area contributed by atoms with Crippen LogP contribution in [0.25, 0.3) is 0 Å². The maximum atomic E-state index is 13.1. The van der Waals surface area contributed by atoms with E-state index in [2.05, 4.69) is 10.3 Å². The first-order valence-corrected chi connectivity index (χ1v) is 7.72. The van der Waals surface area contributed by atoms with E-state index in [4.69, 9.17) is 4.74 Å². The van der Waals surface area contributed by atoms with Crippen molar-refractivity contribution in [2.24, 2.45) is 4.99 Å². The second kappa shape index (κ2) is 10.1. The molecule has 0 radical (unpaired) electrons. The predicted molar refractivity (Wildman–Crippen MR) is 98.7 cm³/mol. The quantitative estimate of drug-likeness (QED) is 0.428. The third-order valence-corrected chi connectivity index (χ3v) is 3.52. The first-order chi connectivity index (χ1) is 11.0. The highest BCUT2D eigenvalue weighted by Crippen LogP contribution is 2.25. The fourth-order valence-electron chi connectivity index (χ4n) is 2.57. The van der Waals surface area contributed by atoms with Gasteiger partial charge in [0.25, 0.3) is 6.43 Å². The normalized spacial score (nSPS) is 21.6. The molecule has 1 fully saturated rings. The van der Waals surface area contributed by atoms with Crippen molar-refractivity contribution in [1.29, 1.82) is 0 Å². The van der Waals surface area contributed by atoms with E-state index in [-0.39, 0.29) is 42.0 Å². The number of rotatable bonds is 4. The minimum absolute atomic E-state index is 0. The Kier molecular flexibility index (Phi) is 8.82. The van der Waals surface area contributed by atoms with Gasteiger partial charge in [-0.25, -0.2) is 18.2 Å². The van der Waals surface area contributed by atoms with Crippen LogP contribution < -0.4 is 5.32 Å². The molecular weight excluding hydrogens is 434 g/mol. The summed E-state index contributed by atoms with van der Waals surface area (Å²) in [6.07, 6.45) is -2.82. The fourth-order valence-corrected chi connectivity index (χ4v) is 2.57. The van der Waals surface area contributed by atoms with E-state index in [1.165, 1.54) is 12.1 Å². The molecule has 2 rings (SSSR count). The molecule has 0 aliphatic carbocycles. The van der Waals surface area contributed by atoms with Gasteiger partial charge in [0, 0.05) is 13.1 Å². The van der Waals surface area contributed by atoms with Crippen LogP contribution in [-0.2, 0) is 4.74 Å². The summed E-state index contributed by atoms with van der Waals surface area (Å²) in [6.45, 7) is 4.90. The maximum absolute atomic E-state index is 13.1. The highest BCUT2D eigenvalue weighted by atomic mass is 127. The summed E-state index contributed by atoms with van der Waals surface area (Å²) in [5, 5.41) is 3.04. The molecule has 0 amide bonds. The summed E-state index contributed by atoms with van der Waals surface area (Å²) in [5.41, 5.74) is 0.854. The molecule has 2 unspecified atom stereocenters. The Morgan fingerprint density at radius 3 is 2.58 bits per heavy atom. The number of morpholine rings is 1. The van der Waals surface area contributed by atoms with Crippen LogP contribution in [0.5, 0.6) is 0 Å². The number of hydrogen-bond donors (Lipinski definition) is 1. The second-order valence-electron chi connectivity index (χ2n) is 5.48. The first-order valence-electron chi connectivity index (χ1n) is 7.72. The minimum atomic E-state index is -2.48. The Balaban J connectivity index is 0.00000288. The Morgan fingerprint density at radius 2 is 2.00 bits per heavy atom. The van der Waals surface area contributed by atoms with Crippen LogP contribution in [-0.4, -0.2) is 49.6 Å². The number of aliphatic imine (C=N–C) groups is 1. The Morgan fingerprint density at radius 1 is 1.33 bits per heavy atom. The average molecular weight is 457 g/mol. The molecule has 1 aliphatic heterocycles. The molecule has 0 saturated carbocycles. The number of benzene rings is 1. The zero-order chi connectivity index (χ0) is 16.8. The number of halogens is 4. The number of nitrogens with one attached hydrogen (secondary N) is 1. The van der Waals surface area contributed by atoms with E-state index in [0.29, 0.717) is 25.6 Å². The largest absolute Gasteiger partial charge is 0.367 e. The Labute approximate surface area is 157 Å². The standard InChI is InChI=1S/C16H22F3N3O.HI/c1-3-20-16(21-8-15(18)19)22-9-11(2)23-14(10-22)12-4-6-13(17)7-5-12;/h4-7,11,14-15H,3,8-10H2,1-2H3,(H,20,21);1H. The van der Waals surface area contributed by atoms with Gasteiger partial charge in [-0.15, -0.1) is 24.0 Å². The van der Waals surface area contributed by atoms with E-state index < -0.39 is 13.0 Å². The lowest BCUT2D eigenvalue weighted by Crippen LogP contribution is -2.50. The molecule has 24 heavy (non-hydrogen) atoms. The van der Waals surface area contributed by atoms with E-state index in [1.54, 1.807) is 12.1 Å². The molecule has 4 nitrogen and oxygen atoms in total. The van der Waals surface area contributed by atoms with E-state index in [9.17, 15) is 13.2 Å². The van der Waals surface area contributed by atoms with Crippen LogP contribution in [0.4, 0.5) is 13.2 Å². The van der Waals surface area contributed by atoms with Gasteiger partial charge < -0.3 is 15.0 Å². The zero-order valence-electron chi connectivity index (χ0n) is 13.7. The first kappa shape index (κ1) is 21.0. The van der Waals surface area contributed by atoms with Gasteiger partial charge in [-0.3, -0.25) is 0 Å². The third-order valence-electron chi connectivity index (χ3n) is 3.52. The van der Waals surface area contributed by atoms with Crippen molar-refractivity contribution in [3.8, 4) is 0 Å². The van der Waals surface area contributed by atoms with Gasteiger partial charge in [0.05, 0.1) is 12.6 Å². The van der Waals surface area contributed by atoms with E-state index in [0.717, 1.165) is 5.56 Å². The summed E-state index contributed by atoms with van der Waals surface area (Å²) in [7, 11) is 0. The Hall–Kier alpha value is -1.03. The number of nitrogens with zero attached hydrogens (tertiary/aromatic N) is 2. The van der Waals surface area contributed by atoms with Crippen molar-refractivity contribution in [1.82, 2.24) is 10.2 Å². The van der Waals surface area contributed by atoms with Crippen molar-refractivity contribution in [3.05, 3.63) is 35.6 Å². The topological polar surface area (TPSA) is 36.9 Å². The molecule has 2 atom stereocenters. The summed E-state index contributed by atoms with van der Waals surface area (Å²) in [5.74, 6) is 0.149. The second-order valence-corrected chi connectivity index (χ2v) is 5.48. The van der Waals surface area contributed by atoms with Crippen molar-refractivity contribution >= 4 is 29.9 Å². The minimum Gasteiger partial charge on any atom is -0.367 e. The van der Waals surface area contributed by atoms with Crippen LogP contribution >= 0.6 is 24.0 Å². The van der Waals surface area contributed by atoms with Gasteiger partial charge in [-0.05, 0) is 31.5 Å². The highest BCUT2D eigenvalue weighted by molar-refractivity contribution is 14.0. The van der Waals surface area contributed by atoms with Gasteiger partial charge in [0.1, 0.15) is 18.5 Å². The highest BCUT2D eigenvalue weighted by Gasteiger charge is 2.28. The van der Waals surface area contributed by atoms with Crippen molar-refractivity contribution in [2.75, 3.05) is 26.2 Å². The van der Waals surface area contributed by atoms with Crippen molar-refractivity contribution < 1.29 is 17.9 Å². The van der Waals surface area contributed by atoms with Crippen molar-refractivity contribution in [2.45, 2.75) is 32.5 Å². The van der Waals surface area contributed by atoms with E-state index >= 15 is 0 Å². The van der Waals surface area contributed by atoms with E-state index in [1.807, 2.05) is 18.7 Å². The smallest absolute Gasteiger partial charge is 0.257 e. The predicted octanol–water partition coefficient (Wildman–Crippen LogP) is 3.44. The monoisotopic (exact) mass is 457 g/mol. The molecule has 1 aromatic carbocycles. The molecule has 0 spiro atoms. The summed E-state index contributed by atoms with van der Waals surface area (Å²) >= 11 is 0. The van der Waals surface area contributed by atoms with Crippen LogP contribution in [0.2, 0.25) is 0 Å². The summed E-state index contributed by atoms with van der Waals surface area (Å²) in [4.78, 5) is 5.89. The lowest BCUT2D eigenvalue weighted by molar-refractivity contribution is -0.0605. The van der Waals surface area contributed by atoms with Crippen LogP contribution in [0.1, 0.15) is 25.5 Å². The molecule has 1 saturated heterocycles. The SMILES string of the molecule is CCNC(=NCC(F)F)N1CC(C)OC(c2ccc(F)cc2)C1.I. The molecule has 0 bridgehead atoms. The van der Waals surface area contributed by atoms with Crippen LogP contribution in [0.15, 0.2) is 29.3 Å². The molecule has 8 heteroatoms. The van der Waals surface area contributed by atoms with Gasteiger partial charge >= 0.3 is 0 Å². The van der Waals surface area contributed by atoms with Crippen molar-refractivity contribution in [3.63, 3.8) is 0 Å². The molecule has 1 aliphatic rings. The van der Waals surface area contributed by atoms with Gasteiger partial charge in [0.2, 0.25) is 0 Å². The van der Waals surface area contributed by atoms with Crippen LogP contribution in [0.3, 0.4) is 0 Å². The summed E-state index contributed by atoms with van der Waals surface area (Å²) in [6, 6.07) is 6.13. The summed E-state index contributed by atoms with van der Waals surface area (Å²) < 4.78 is 43.9. The van der Waals surface area contributed by atoms with Gasteiger partial charge in [-0.2, -0.15) is 0 Å². The van der Waals surface area contributed by atoms with Gasteiger partial charge in [-0.1, -0.05) is 12.1 Å². The zero-order valence-corrected chi connectivity index (χ0v) is 16.0. The molecule has 1 heterocycles. The molecule has 1 aromatic rings. The fraction of sp³-hybridized carbons (Fsp3) is 0.562. The van der Waals surface area contributed by atoms with Gasteiger partial charge in [0.15, 0.2) is 5.96 Å². The average Bonchev–Trinajstić information content (AvgIpc) is 2.51. The molecule has 1 N–H and O–H groups in total. The third kappa shape index (κ3) is 6.12. The number of guanidine groups is 1. The lowest BCUT2D eigenvalue weighted by atomic mass is 10.1.